The topological polar surface area (TPSA) is 35.0 Å². The Balaban J connectivity index is 1.89. The van der Waals surface area contributed by atoms with Gasteiger partial charge in [0.15, 0.2) is 5.75 Å². The molecule has 19 heavy (non-hydrogen) atoms. The highest BCUT2D eigenvalue weighted by molar-refractivity contribution is 6.25. The van der Waals surface area contributed by atoms with Crippen LogP contribution < -0.4 is 4.74 Å². The van der Waals surface area contributed by atoms with Crippen molar-refractivity contribution in [2.24, 2.45) is 5.92 Å². The lowest BCUT2D eigenvalue weighted by Gasteiger charge is -2.25. The van der Waals surface area contributed by atoms with E-state index in [2.05, 4.69) is 23.0 Å². The van der Waals surface area contributed by atoms with Gasteiger partial charge >= 0.3 is 0 Å². The minimum Gasteiger partial charge on any atom is -0.490 e. The van der Waals surface area contributed by atoms with E-state index in [4.69, 9.17) is 16.3 Å². The number of rotatable bonds is 5. The summed E-state index contributed by atoms with van der Waals surface area (Å²) in [5.74, 6) is 2.84. The Morgan fingerprint density at radius 1 is 1.26 bits per heavy atom. The number of ether oxygens (including phenoxy) is 1. The molecule has 1 fully saturated rings. The molecule has 0 aliphatic heterocycles. The molecule has 4 heteroatoms. The Morgan fingerprint density at radius 3 is 2.53 bits per heavy atom. The summed E-state index contributed by atoms with van der Waals surface area (Å²) in [6.07, 6.45) is 11.3. The molecule has 0 saturated heterocycles. The van der Waals surface area contributed by atoms with Crippen molar-refractivity contribution in [2.45, 2.75) is 44.9 Å². The maximum absolute atomic E-state index is 5.63. The molecule has 1 aliphatic rings. The van der Waals surface area contributed by atoms with Crippen LogP contribution in [0.5, 0.6) is 5.75 Å². The Kier molecular flexibility index (Phi) is 5.64. The van der Waals surface area contributed by atoms with Crippen LogP contribution >= 0.6 is 11.6 Å². The van der Waals surface area contributed by atoms with Gasteiger partial charge in [0.25, 0.3) is 0 Å². The quantitative estimate of drug-likeness (QED) is 0.807. The van der Waals surface area contributed by atoms with Gasteiger partial charge in [-0.1, -0.05) is 24.6 Å². The van der Waals surface area contributed by atoms with Crippen molar-refractivity contribution >= 4 is 11.6 Å². The van der Waals surface area contributed by atoms with Crippen LogP contribution in [0.2, 0.25) is 0 Å². The summed E-state index contributed by atoms with van der Waals surface area (Å²) in [6.45, 7) is 2.81. The fraction of sp³-hybridized carbons (Fsp3) is 0.600. The summed E-state index contributed by atoms with van der Waals surface area (Å²) < 4.78 is 5.50. The fourth-order valence-electron chi connectivity index (χ4n) is 2.50. The second kappa shape index (κ2) is 7.49. The summed E-state index contributed by atoms with van der Waals surface area (Å²) in [5.41, 5.74) is 1.64. The minimum absolute atomic E-state index is 0.486. The summed E-state index contributed by atoms with van der Waals surface area (Å²) in [5, 5.41) is 0. The molecule has 1 heterocycles. The molecule has 0 radical (unpaired) electrons. The molecule has 3 nitrogen and oxygen atoms in total. The van der Waals surface area contributed by atoms with Crippen molar-refractivity contribution in [3.63, 3.8) is 0 Å². The van der Waals surface area contributed by atoms with Crippen molar-refractivity contribution in [1.82, 2.24) is 9.97 Å². The molecule has 1 saturated carbocycles. The predicted molar refractivity (Wildman–Crippen MR) is 77.5 cm³/mol. The van der Waals surface area contributed by atoms with Gasteiger partial charge in [-0.15, -0.1) is 0 Å². The van der Waals surface area contributed by atoms with Gasteiger partial charge in [-0.2, -0.15) is 0 Å². The third-order valence-corrected chi connectivity index (χ3v) is 3.75. The number of nitrogens with zero attached hydrogens (tertiary/aromatic N) is 2. The van der Waals surface area contributed by atoms with Crippen molar-refractivity contribution in [2.75, 3.05) is 6.61 Å². The Bertz CT molecular complexity index is 397. The monoisotopic (exact) mass is 280 g/mol. The molecule has 1 aromatic rings. The van der Waals surface area contributed by atoms with Crippen LogP contribution in [0.1, 0.15) is 50.8 Å². The third kappa shape index (κ3) is 4.20. The van der Waals surface area contributed by atoms with E-state index in [1.54, 1.807) is 17.9 Å². The molecule has 104 valence electrons. The second-order valence-electron chi connectivity index (χ2n) is 5.06. The van der Waals surface area contributed by atoms with Crippen LogP contribution in [0.25, 0.3) is 0 Å². The van der Waals surface area contributed by atoms with Crippen LogP contribution in [-0.4, -0.2) is 16.6 Å². The van der Waals surface area contributed by atoms with Gasteiger partial charge in [-0.25, -0.2) is 9.97 Å². The van der Waals surface area contributed by atoms with E-state index in [1.807, 2.05) is 0 Å². The Hall–Kier alpha value is -1.09. The van der Waals surface area contributed by atoms with Crippen LogP contribution in [0.4, 0.5) is 0 Å². The maximum Gasteiger partial charge on any atom is 0.155 e. The Labute approximate surface area is 120 Å². The van der Waals surface area contributed by atoms with Gasteiger partial charge in [0.2, 0.25) is 0 Å². The molecule has 1 aromatic heterocycles. The average molecular weight is 281 g/mol. The van der Waals surface area contributed by atoms with Crippen LogP contribution in [0.15, 0.2) is 24.0 Å². The molecule has 0 amide bonds. The first-order chi connectivity index (χ1) is 9.33. The minimum atomic E-state index is 0.486. The van der Waals surface area contributed by atoms with Gasteiger partial charge in [-0.3, -0.25) is 0 Å². The Morgan fingerprint density at radius 2 is 1.95 bits per heavy atom. The van der Waals surface area contributed by atoms with Gasteiger partial charge in [0.1, 0.15) is 5.82 Å². The lowest BCUT2D eigenvalue weighted by molar-refractivity contribution is 0.313. The lowest BCUT2D eigenvalue weighted by Crippen LogP contribution is -2.14. The van der Waals surface area contributed by atoms with Crippen LogP contribution in [0, 0.1) is 5.92 Å². The summed E-state index contributed by atoms with van der Waals surface area (Å²) in [4.78, 5) is 8.89. The van der Waals surface area contributed by atoms with E-state index in [9.17, 15) is 0 Å². The van der Waals surface area contributed by atoms with Gasteiger partial charge < -0.3 is 4.74 Å². The predicted octanol–water partition coefficient (Wildman–Crippen LogP) is 4.29. The van der Waals surface area contributed by atoms with Crippen LogP contribution in [0.3, 0.4) is 0 Å². The van der Waals surface area contributed by atoms with Gasteiger partial charge in [0.05, 0.1) is 19.0 Å². The summed E-state index contributed by atoms with van der Waals surface area (Å²) in [7, 11) is 0. The summed E-state index contributed by atoms with van der Waals surface area (Å²) in [6, 6.07) is 0. The highest BCUT2D eigenvalue weighted by Crippen LogP contribution is 2.34. The van der Waals surface area contributed by atoms with Gasteiger partial charge in [-0.05, 0) is 38.0 Å². The van der Waals surface area contributed by atoms with Crippen molar-refractivity contribution in [3.8, 4) is 5.75 Å². The van der Waals surface area contributed by atoms with Gasteiger partial charge in [0, 0.05) is 11.5 Å². The molecule has 0 spiro atoms. The van der Waals surface area contributed by atoms with E-state index < -0.39 is 0 Å². The molecule has 0 unspecified atom stereocenters. The molecule has 0 atom stereocenters. The van der Waals surface area contributed by atoms with E-state index in [-0.39, 0.29) is 0 Å². The second-order valence-corrected chi connectivity index (χ2v) is 5.31. The molecule has 0 bridgehead atoms. The number of hydrogen-bond acceptors (Lipinski definition) is 3. The molecular weight excluding hydrogens is 260 g/mol. The largest absolute Gasteiger partial charge is 0.490 e. The standard InChI is InChI=1S/C15H21ClN2O/c1-2-9-19-14-10-17-15(18-11-14)13-5-3-12(4-6-13)7-8-16/h7-8,10-13H,2-6,9H2,1H3/b8-7+. The molecule has 2 rings (SSSR count). The lowest BCUT2D eigenvalue weighted by atomic mass is 9.82. The zero-order valence-corrected chi connectivity index (χ0v) is 12.1. The number of hydrogen-bond donors (Lipinski definition) is 0. The first kappa shape index (κ1) is 14.3. The summed E-state index contributed by atoms with van der Waals surface area (Å²) >= 11 is 5.63. The molecule has 0 N–H and O–H groups in total. The molecular formula is C15H21ClN2O. The first-order valence-corrected chi connectivity index (χ1v) is 7.48. The number of halogens is 1. The maximum atomic E-state index is 5.63. The zero-order valence-electron chi connectivity index (χ0n) is 11.4. The third-order valence-electron chi connectivity index (χ3n) is 3.60. The highest BCUT2D eigenvalue weighted by atomic mass is 35.5. The fourth-order valence-corrected chi connectivity index (χ4v) is 2.71. The van der Waals surface area contributed by atoms with E-state index in [0.717, 1.165) is 37.4 Å². The van der Waals surface area contributed by atoms with Crippen LogP contribution in [-0.2, 0) is 0 Å². The van der Waals surface area contributed by atoms with Crippen molar-refractivity contribution in [3.05, 3.63) is 29.8 Å². The SMILES string of the molecule is CCCOc1cnc(C2CCC(/C=C/Cl)CC2)nc1. The average Bonchev–Trinajstić information content (AvgIpc) is 2.47. The molecule has 1 aliphatic carbocycles. The van der Waals surface area contributed by atoms with Crippen molar-refractivity contribution in [1.29, 1.82) is 0 Å². The van der Waals surface area contributed by atoms with E-state index in [0.29, 0.717) is 11.8 Å². The normalized spacial score (nSPS) is 23.7. The smallest absolute Gasteiger partial charge is 0.155 e. The number of aromatic nitrogens is 2. The first-order valence-electron chi connectivity index (χ1n) is 7.05. The van der Waals surface area contributed by atoms with E-state index >= 15 is 0 Å². The number of allylic oxidation sites excluding steroid dienone is 1. The van der Waals surface area contributed by atoms with Crippen molar-refractivity contribution < 1.29 is 4.74 Å². The highest BCUT2D eigenvalue weighted by Gasteiger charge is 2.22. The van der Waals surface area contributed by atoms with E-state index in [1.165, 1.54) is 12.8 Å². The zero-order chi connectivity index (χ0) is 13.5. The molecule has 0 aromatic carbocycles.